The van der Waals surface area contributed by atoms with Crippen molar-refractivity contribution in [2.45, 2.75) is 56.0 Å². The number of aryl methyl sites for hydroxylation is 1. The van der Waals surface area contributed by atoms with Crippen LogP contribution in [0.15, 0.2) is 54.2 Å². The topological polar surface area (TPSA) is 94.7 Å². The van der Waals surface area contributed by atoms with Gasteiger partial charge in [0, 0.05) is 24.5 Å². The Labute approximate surface area is 164 Å². The first-order chi connectivity index (χ1) is 13.6. The standard InChI is InChI=1S/C19H24N6O2S/c1-2-15-11-18(25-10-4-9-22-25)7-8-19(15)28(26,27)23-16-5-3-6-17(12-16)24-13-20-21-14-24/h4,7-11,13-14,16-17,23H,2-3,5-6,12H2,1H3. The Kier molecular flexibility index (Phi) is 5.27. The van der Waals surface area contributed by atoms with Gasteiger partial charge < -0.3 is 4.57 Å². The highest BCUT2D eigenvalue weighted by Crippen LogP contribution is 2.29. The Morgan fingerprint density at radius 1 is 1.21 bits per heavy atom. The maximum atomic E-state index is 13.1. The van der Waals surface area contributed by atoms with Crippen LogP contribution in [0.5, 0.6) is 0 Å². The lowest BCUT2D eigenvalue weighted by molar-refractivity contribution is 0.305. The zero-order valence-electron chi connectivity index (χ0n) is 15.8. The van der Waals surface area contributed by atoms with Crippen molar-refractivity contribution in [3.8, 4) is 5.69 Å². The molecule has 8 nitrogen and oxygen atoms in total. The molecule has 0 saturated heterocycles. The minimum absolute atomic E-state index is 0.0957. The third-order valence-corrected chi connectivity index (χ3v) is 6.93. The van der Waals surface area contributed by atoms with E-state index in [9.17, 15) is 8.42 Å². The summed E-state index contributed by atoms with van der Waals surface area (Å²) >= 11 is 0. The number of aromatic nitrogens is 5. The Hall–Kier alpha value is -2.52. The number of hydrogen-bond donors (Lipinski definition) is 1. The van der Waals surface area contributed by atoms with Crippen LogP contribution in [0.4, 0.5) is 0 Å². The monoisotopic (exact) mass is 400 g/mol. The number of nitrogens with one attached hydrogen (secondary N) is 1. The number of sulfonamides is 1. The van der Waals surface area contributed by atoms with Crippen LogP contribution in [0.1, 0.15) is 44.2 Å². The SMILES string of the molecule is CCc1cc(-n2cccn2)ccc1S(=O)(=O)NC1CCCC(n2cnnc2)C1. The third kappa shape index (κ3) is 3.85. The molecule has 1 aliphatic rings. The van der Waals surface area contributed by atoms with Gasteiger partial charge in [0.1, 0.15) is 12.7 Å². The molecule has 4 rings (SSSR count). The van der Waals surface area contributed by atoms with Gasteiger partial charge in [0.15, 0.2) is 0 Å². The van der Waals surface area contributed by atoms with Gasteiger partial charge in [0.2, 0.25) is 10.0 Å². The molecular formula is C19H24N6O2S. The van der Waals surface area contributed by atoms with Crippen molar-refractivity contribution in [3.05, 3.63) is 54.9 Å². The van der Waals surface area contributed by atoms with Gasteiger partial charge in [-0.3, -0.25) is 0 Å². The summed E-state index contributed by atoms with van der Waals surface area (Å²) in [6.07, 6.45) is 11.1. The molecular weight excluding hydrogens is 376 g/mol. The van der Waals surface area contributed by atoms with Crippen molar-refractivity contribution >= 4 is 10.0 Å². The van der Waals surface area contributed by atoms with Gasteiger partial charge in [0.25, 0.3) is 0 Å². The number of rotatable bonds is 6. The quantitative estimate of drug-likeness (QED) is 0.686. The molecule has 148 valence electrons. The zero-order valence-corrected chi connectivity index (χ0v) is 16.6. The van der Waals surface area contributed by atoms with Crippen LogP contribution in [0, 0.1) is 0 Å². The van der Waals surface area contributed by atoms with E-state index in [0.717, 1.165) is 36.9 Å². The highest BCUT2D eigenvalue weighted by Gasteiger charge is 2.28. The highest BCUT2D eigenvalue weighted by atomic mass is 32.2. The van der Waals surface area contributed by atoms with Crippen molar-refractivity contribution in [2.24, 2.45) is 0 Å². The van der Waals surface area contributed by atoms with Crippen LogP contribution in [0.25, 0.3) is 5.69 Å². The van der Waals surface area contributed by atoms with Gasteiger partial charge in [-0.25, -0.2) is 17.8 Å². The van der Waals surface area contributed by atoms with E-state index >= 15 is 0 Å². The van der Waals surface area contributed by atoms with Gasteiger partial charge >= 0.3 is 0 Å². The molecule has 0 amide bonds. The Morgan fingerprint density at radius 3 is 2.75 bits per heavy atom. The maximum Gasteiger partial charge on any atom is 0.241 e. The molecule has 2 aromatic heterocycles. The predicted molar refractivity (Wildman–Crippen MR) is 105 cm³/mol. The van der Waals surface area contributed by atoms with E-state index in [0.29, 0.717) is 11.3 Å². The molecule has 9 heteroatoms. The Morgan fingerprint density at radius 2 is 2.04 bits per heavy atom. The molecule has 0 radical (unpaired) electrons. The Balaban J connectivity index is 1.54. The highest BCUT2D eigenvalue weighted by molar-refractivity contribution is 7.89. The largest absolute Gasteiger partial charge is 0.317 e. The number of hydrogen-bond acceptors (Lipinski definition) is 5. The van der Waals surface area contributed by atoms with Crippen molar-refractivity contribution < 1.29 is 8.42 Å². The summed E-state index contributed by atoms with van der Waals surface area (Å²) in [5, 5.41) is 11.9. The second-order valence-electron chi connectivity index (χ2n) is 7.14. The molecule has 0 aliphatic heterocycles. The molecule has 0 spiro atoms. The van der Waals surface area contributed by atoms with E-state index < -0.39 is 10.0 Å². The smallest absolute Gasteiger partial charge is 0.241 e. The summed E-state index contributed by atoms with van der Waals surface area (Å²) in [7, 11) is -3.60. The first-order valence-corrected chi connectivity index (χ1v) is 11.0. The Bertz CT molecular complexity index is 1010. The number of benzene rings is 1. The summed E-state index contributed by atoms with van der Waals surface area (Å²) in [4.78, 5) is 0.345. The van der Waals surface area contributed by atoms with Gasteiger partial charge in [0.05, 0.1) is 10.6 Å². The van der Waals surface area contributed by atoms with Crippen molar-refractivity contribution in [2.75, 3.05) is 0 Å². The first-order valence-electron chi connectivity index (χ1n) is 9.56. The van der Waals surface area contributed by atoms with Gasteiger partial charge in [-0.2, -0.15) is 5.10 Å². The molecule has 0 bridgehead atoms. The maximum absolute atomic E-state index is 13.1. The normalized spacial score (nSPS) is 20.3. The van der Waals surface area contributed by atoms with Crippen molar-refractivity contribution in [3.63, 3.8) is 0 Å². The van der Waals surface area contributed by atoms with Crippen LogP contribution in [-0.2, 0) is 16.4 Å². The lowest BCUT2D eigenvalue weighted by Gasteiger charge is -2.30. The molecule has 2 atom stereocenters. The van der Waals surface area contributed by atoms with E-state index in [1.54, 1.807) is 35.7 Å². The molecule has 28 heavy (non-hydrogen) atoms. The summed E-state index contributed by atoms with van der Waals surface area (Å²) in [5.74, 6) is 0. The van der Waals surface area contributed by atoms with Gasteiger partial charge in [-0.15, -0.1) is 10.2 Å². The van der Waals surface area contributed by atoms with Crippen LogP contribution >= 0.6 is 0 Å². The van der Waals surface area contributed by atoms with Crippen molar-refractivity contribution in [1.82, 2.24) is 29.3 Å². The van der Waals surface area contributed by atoms with Gasteiger partial charge in [-0.05, 0) is 61.9 Å². The predicted octanol–water partition coefficient (Wildman–Crippen LogP) is 2.49. The number of nitrogens with zero attached hydrogens (tertiary/aromatic N) is 5. The molecule has 2 heterocycles. The molecule has 3 aromatic rings. The van der Waals surface area contributed by atoms with E-state index in [2.05, 4.69) is 20.0 Å². The molecule has 1 N–H and O–H groups in total. The van der Waals surface area contributed by atoms with Crippen LogP contribution in [0.2, 0.25) is 0 Å². The van der Waals surface area contributed by atoms with Crippen molar-refractivity contribution in [1.29, 1.82) is 0 Å². The molecule has 2 unspecified atom stereocenters. The first kappa shape index (κ1) is 18.8. The van der Waals surface area contributed by atoms with E-state index in [4.69, 9.17) is 0 Å². The fraction of sp³-hybridized carbons (Fsp3) is 0.421. The van der Waals surface area contributed by atoms with Crippen LogP contribution < -0.4 is 4.72 Å². The summed E-state index contributed by atoms with van der Waals surface area (Å²) in [6, 6.07) is 7.33. The summed E-state index contributed by atoms with van der Waals surface area (Å²) < 4.78 is 32.8. The van der Waals surface area contributed by atoms with Gasteiger partial charge in [-0.1, -0.05) is 6.92 Å². The van der Waals surface area contributed by atoms with E-state index in [-0.39, 0.29) is 12.1 Å². The van der Waals surface area contributed by atoms with Crippen LogP contribution in [-0.4, -0.2) is 39.0 Å². The molecule has 1 fully saturated rings. The second-order valence-corrected chi connectivity index (χ2v) is 8.83. The second kappa shape index (κ2) is 7.84. The van der Waals surface area contributed by atoms with E-state index in [1.165, 1.54) is 0 Å². The molecule has 1 aromatic carbocycles. The minimum Gasteiger partial charge on any atom is -0.317 e. The lowest BCUT2D eigenvalue weighted by Crippen LogP contribution is -2.39. The average Bonchev–Trinajstić information content (AvgIpc) is 3.41. The van der Waals surface area contributed by atoms with Crippen LogP contribution in [0.3, 0.4) is 0 Å². The van der Waals surface area contributed by atoms with E-state index in [1.807, 2.05) is 29.8 Å². The summed E-state index contributed by atoms with van der Waals surface area (Å²) in [6.45, 7) is 1.96. The summed E-state index contributed by atoms with van der Waals surface area (Å²) in [5.41, 5.74) is 1.64. The fourth-order valence-corrected chi connectivity index (χ4v) is 5.47. The molecule has 1 aliphatic carbocycles. The zero-order chi connectivity index (χ0) is 19.6. The lowest BCUT2D eigenvalue weighted by atomic mass is 9.91. The average molecular weight is 401 g/mol. The molecule has 1 saturated carbocycles. The minimum atomic E-state index is -3.60. The third-order valence-electron chi connectivity index (χ3n) is 5.31. The fourth-order valence-electron chi connectivity index (χ4n) is 3.89.